The number of carbonyl (C=O) groups is 1. The summed E-state index contributed by atoms with van der Waals surface area (Å²) in [7, 11) is 0. The summed E-state index contributed by atoms with van der Waals surface area (Å²) >= 11 is 0. The van der Waals surface area contributed by atoms with Gasteiger partial charge in [0, 0.05) is 17.7 Å². The first-order valence-electron chi connectivity index (χ1n) is 9.75. The number of hydrogen-bond donors (Lipinski definition) is 0. The zero-order chi connectivity index (χ0) is 20.4. The van der Waals surface area contributed by atoms with Crippen molar-refractivity contribution >= 4 is 17.0 Å². The number of fused-ring (bicyclic) bond motifs is 1. The fourth-order valence-electron chi connectivity index (χ4n) is 3.17. The lowest BCUT2D eigenvalue weighted by atomic mass is 10.1. The number of carbonyl (C=O) groups excluding carboxylic acids is 1. The highest BCUT2D eigenvalue weighted by molar-refractivity contribution is 6.02. The second-order valence-electron chi connectivity index (χ2n) is 7.41. The molecule has 2 aromatic heterocycles. The van der Waals surface area contributed by atoms with E-state index >= 15 is 0 Å². The highest BCUT2D eigenvalue weighted by Gasteiger charge is 2.28. The quantitative estimate of drug-likeness (QED) is 0.447. The molecule has 0 radical (unpaired) electrons. The maximum Gasteiger partial charge on any atom is 0.339 e. The number of nitriles is 1. The number of aromatic nitrogens is 3. The summed E-state index contributed by atoms with van der Waals surface area (Å²) in [5.41, 5.74) is 2.73. The van der Waals surface area contributed by atoms with E-state index in [-0.39, 0.29) is 19.3 Å². The average Bonchev–Trinajstić information content (AvgIpc) is 3.49. The van der Waals surface area contributed by atoms with Crippen LogP contribution in [-0.2, 0) is 4.74 Å². The standard InChI is InChI=1S/C22H22N4O3/c1-14(2)26-21-19(13-24-26)18(11-20(25-21)16-5-6-16)22(27)29-10-9-28-17-7-3-15(12-23)4-8-17/h3-4,7-8,11,13-14,16H,5-6,9-10H2,1-2H3. The minimum Gasteiger partial charge on any atom is -0.490 e. The Morgan fingerprint density at radius 1 is 1.28 bits per heavy atom. The van der Waals surface area contributed by atoms with E-state index < -0.39 is 5.97 Å². The predicted octanol–water partition coefficient (Wildman–Crippen LogP) is 4.00. The summed E-state index contributed by atoms with van der Waals surface area (Å²) in [6.07, 6.45) is 3.88. The fourth-order valence-corrected chi connectivity index (χ4v) is 3.17. The van der Waals surface area contributed by atoms with E-state index in [4.69, 9.17) is 19.7 Å². The Balaban J connectivity index is 1.45. The van der Waals surface area contributed by atoms with Crippen LogP contribution in [0.4, 0.5) is 0 Å². The third kappa shape index (κ3) is 4.06. The van der Waals surface area contributed by atoms with Crippen LogP contribution in [-0.4, -0.2) is 33.9 Å². The molecule has 1 aliphatic rings. The van der Waals surface area contributed by atoms with Crippen LogP contribution < -0.4 is 4.74 Å². The molecule has 1 aliphatic carbocycles. The molecule has 1 aromatic carbocycles. The van der Waals surface area contributed by atoms with Crippen molar-refractivity contribution in [3.05, 3.63) is 53.3 Å². The van der Waals surface area contributed by atoms with Crippen molar-refractivity contribution in [2.24, 2.45) is 0 Å². The van der Waals surface area contributed by atoms with Crippen molar-refractivity contribution in [3.63, 3.8) is 0 Å². The third-order valence-electron chi connectivity index (χ3n) is 4.86. The molecule has 0 bridgehead atoms. The second kappa shape index (κ2) is 7.92. The Bertz CT molecular complexity index is 1080. The minimum atomic E-state index is -0.397. The molecule has 0 unspecified atom stereocenters. The van der Waals surface area contributed by atoms with E-state index in [0.29, 0.717) is 28.2 Å². The van der Waals surface area contributed by atoms with Gasteiger partial charge >= 0.3 is 5.97 Å². The number of esters is 1. The Hall–Kier alpha value is -3.40. The van der Waals surface area contributed by atoms with Crippen LogP contribution in [0.15, 0.2) is 36.5 Å². The van der Waals surface area contributed by atoms with E-state index in [2.05, 4.69) is 11.2 Å². The van der Waals surface area contributed by atoms with E-state index in [1.165, 1.54) is 0 Å². The molecule has 0 atom stereocenters. The van der Waals surface area contributed by atoms with Crippen molar-refractivity contribution in [3.8, 4) is 11.8 Å². The minimum absolute atomic E-state index is 0.125. The van der Waals surface area contributed by atoms with Crippen molar-refractivity contribution in [2.75, 3.05) is 13.2 Å². The Morgan fingerprint density at radius 2 is 2.03 bits per heavy atom. The summed E-state index contributed by atoms with van der Waals surface area (Å²) < 4.78 is 12.9. The molecule has 3 aromatic rings. The molecule has 7 nitrogen and oxygen atoms in total. The molecule has 0 aliphatic heterocycles. The van der Waals surface area contributed by atoms with E-state index in [9.17, 15) is 4.79 Å². The number of rotatable bonds is 7. The van der Waals surface area contributed by atoms with E-state index in [0.717, 1.165) is 24.2 Å². The van der Waals surface area contributed by atoms with Crippen LogP contribution in [0.1, 0.15) is 60.3 Å². The molecule has 7 heteroatoms. The van der Waals surface area contributed by atoms with Gasteiger partial charge in [-0.1, -0.05) is 0 Å². The molecular weight excluding hydrogens is 368 g/mol. The number of ether oxygens (including phenoxy) is 2. The smallest absolute Gasteiger partial charge is 0.339 e. The van der Waals surface area contributed by atoms with Gasteiger partial charge in [0.25, 0.3) is 0 Å². The van der Waals surface area contributed by atoms with Gasteiger partial charge in [0.05, 0.1) is 28.8 Å². The van der Waals surface area contributed by atoms with Crippen molar-refractivity contribution in [2.45, 2.75) is 38.6 Å². The van der Waals surface area contributed by atoms with Crippen molar-refractivity contribution < 1.29 is 14.3 Å². The highest BCUT2D eigenvalue weighted by atomic mass is 16.6. The largest absolute Gasteiger partial charge is 0.490 e. The fraction of sp³-hybridized carbons (Fsp3) is 0.364. The van der Waals surface area contributed by atoms with Crippen LogP contribution >= 0.6 is 0 Å². The summed E-state index contributed by atoms with van der Waals surface area (Å²) in [5, 5.41) is 13.9. The van der Waals surface area contributed by atoms with Crippen molar-refractivity contribution in [1.29, 1.82) is 5.26 Å². The topological polar surface area (TPSA) is 90.0 Å². The lowest BCUT2D eigenvalue weighted by molar-refractivity contribution is 0.0452. The zero-order valence-corrected chi connectivity index (χ0v) is 16.5. The van der Waals surface area contributed by atoms with Gasteiger partial charge in [-0.15, -0.1) is 0 Å². The molecule has 4 rings (SSSR count). The Morgan fingerprint density at radius 3 is 2.69 bits per heavy atom. The summed E-state index contributed by atoms with van der Waals surface area (Å²) in [6.45, 7) is 4.43. The maximum atomic E-state index is 12.7. The van der Waals surface area contributed by atoms with Gasteiger partial charge in [0.2, 0.25) is 0 Å². The SMILES string of the molecule is CC(C)n1ncc2c(C(=O)OCCOc3ccc(C#N)cc3)cc(C3CC3)nc21. The maximum absolute atomic E-state index is 12.7. The van der Waals surface area contributed by atoms with Gasteiger partial charge in [-0.3, -0.25) is 0 Å². The van der Waals surface area contributed by atoms with Gasteiger partial charge in [-0.05, 0) is 57.0 Å². The zero-order valence-electron chi connectivity index (χ0n) is 16.5. The lowest BCUT2D eigenvalue weighted by Crippen LogP contribution is -2.13. The summed E-state index contributed by atoms with van der Waals surface area (Å²) in [6, 6.07) is 10.9. The molecule has 2 heterocycles. The van der Waals surface area contributed by atoms with Gasteiger partial charge in [0.15, 0.2) is 5.65 Å². The lowest BCUT2D eigenvalue weighted by Gasteiger charge is -2.11. The van der Waals surface area contributed by atoms with Crippen molar-refractivity contribution in [1.82, 2.24) is 14.8 Å². The summed E-state index contributed by atoms with van der Waals surface area (Å²) in [5.74, 6) is 0.646. The molecular formula is C22H22N4O3. The molecule has 1 saturated carbocycles. The first kappa shape index (κ1) is 18.9. The second-order valence-corrected chi connectivity index (χ2v) is 7.41. The van der Waals surface area contributed by atoms with Gasteiger partial charge in [0.1, 0.15) is 19.0 Å². The number of pyridine rings is 1. The molecule has 1 fully saturated rings. The van der Waals surface area contributed by atoms with Crippen LogP contribution in [0.2, 0.25) is 0 Å². The van der Waals surface area contributed by atoms with E-state index in [1.54, 1.807) is 30.5 Å². The molecule has 0 saturated heterocycles. The molecule has 0 amide bonds. The number of hydrogen-bond acceptors (Lipinski definition) is 6. The monoisotopic (exact) mass is 390 g/mol. The normalized spacial score (nSPS) is 13.4. The third-order valence-corrected chi connectivity index (χ3v) is 4.86. The predicted molar refractivity (Wildman–Crippen MR) is 107 cm³/mol. The highest BCUT2D eigenvalue weighted by Crippen LogP contribution is 2.40. The van der Waals surface area contributed by atoms with Gasteiger partial charge < -0.3 is 9.47 Å². The van der Waals surface area contributed by atoms with Gasteiger partial charge in [-0.2, -0.15) is 10.4 Å². The number of benzene rings is 1. The first-order valence-corrected chi connectivity index (χ1v) is 9.75. The van der Waals surface area contributed by atoms with Crippen LogP contribution in [0.5, 0.6) is 5.75 Å². The average molecular weight is 390 g/mol. The first-order chi connectivity index (χ1) is 14.1. The number of nitrogens with zero attached hydrogens (tertiary/aromatic N) is 4. The molecule has 29 heavy (non-hydrogen) atoms. The Kier molecular flexibility index (Phi) is 5.17. The van der Waals surface area contributed by atoms with Crippen LogP contribution in [0, 0.1) is 11.3 Å². The molecule has 0 spiro atoms. The molecule has 148 valence electrons. The summed E-state index contributed by atoms with van der Waals surface area (Å²) in [4.78, 5) is 17.5. The van der Waals surface area contributed by atoms with Crippen LogP contribution in [0.25, 0.3) is 11.0 Å². The van der Waals surface area contributed by atoms with Gasteiger partial charge in [-0.25, -0.2) is 14.5 Å². The molecule has 0 N–H and O–H groups in total. The van der Waals surface area contributed by atoms with E-state index in [1.807, 2.05) is 24.6 Å². The van der Waals surface area contributed by atoms with Crippen LogP contribution in [0.3, 0.4) is 0 Å². The Labute approximate surface area is 168 Å².